The van der Waals surface area contributed by atoms with E-state index in [1.165, 1.54) is 6.07 Å². The van der Waals surface area contributed by atoms with E-state index in [1.54, 1.807) is 6.07 Å². The van der Waals surface area contributed by atoms with Gasteiger partial charge in [-0.05, 0) is 29.3 Å². The van der Waals surface area contributed by atoms with Gasteiger partial charge in [-0.15, -0.1) is 0 Å². The van der Waals surface area contributed by atoms with Crippen LogP contribution in [0.3, 0.4) is 0 Å². The highest BCUT2D eigenvalue weighted by Gasteiger charge is 2.13. The third-order valence-electron chi connectivity index (χ3n) is 3.43. The molecule has 0 fully saturated rings. The van der Waals surface area contributed by atoms with Gasteiger partial charge in [-0.1, -0.05) is 44.0 Å². The molecule has 2 amide bonds. The molecule has 2 rings (SSSR count). The van der Waals surface area contributed by atoms with Gasteiger partial charge in [0.25, 0.3) is 5.91 Å². The maximum absolute atomic E-state index is 12.1. The van der Waals surface area contributed by atoms with Crippen LogP contribution < -0.4 is 10.9 Å². The van der Waals surface area contributed by atoms with Crippen molar-refractivity contribution in [3.05, 3.63) is 42.0 Å². The number of carbonyl (C=O) groups is 2. The van der Waals surface area contributed by atoms with Crippen molar-refractivity contribution in [2.45, 2.75) is 32.6 Å². The molecular weight excluding hydrogens is 280 g/mol. The number of aromatic hydroxyl groups is 1. The lowest BCUT2D eigenvalue weighted by Gasteiger charge is -2.09. The van der Waals surface area contributed by atoms with E-state index in [9.17, 15) is 14.7 Å². The molecule has 116 valence electrons. The first kappa shape index (κ1) is 15.8. The van der Waals surface area contributed by atoms with Crippen molar-refractivity contribution in [1.29, 1.82) is 0 Å². The number of fused-ring (bicyclic) bond motifs is 1. The van der Waals surface area contributed by atoms with Crippen LogP contribution >= 0.6 is 0 Å². The fraction of sp³-hybridized carbons (Fsp3) is 0.294. The van der Waals surface area contributed by atoms with Crippen molar-refractivity contribution in [3.8, 4) is 5.75 Å². The number of hydrazine groups is 1. The molecule has 2 aromatic rings. The SMILES string of the molecule is CCCCCC(=O)NNC(=O)c1cc2ccccc2cc1O. The predicted octanol–water partition coefficient (Wildman–Crippen LogP) is 2.89. The minimum Gasteiger partial charge on any atom is -0.507 e. The van der Waals surface area contributed by atoms with Crippen LogP contribution in [0.5, 0.6) is 5.75 Å². The first-order chi connectivity index (χ1) is 10.6. The van der Waals surface area contributed by atoms with Gasteiger partial charge in [-0.25, -0.2) is 0 Å². The van der Waals surface area contributed by atoms with Crippen LogP contribution in [0.1, 0.15) is 43.0 Å². The van der Waals surface area contributed by atoms with Crippen molar-refractivity contribution in [3.63, 3.8) is 0 Å². The third kappa shape index (κ3) is 3.97. The van der Waals surface area contributed by atoms with E-state index >= 15 is 0 Å². The molecule has 0 bridgehead atoms. The summed E-state index contributed by atoms with van der Waals surface area (Å²) < 4.78 is 0. The van der Waals surface area contributed by atoms with E-state index in [0.29, 0.717) is 6.42 Å². The minimum atomic E-state index is -0.535. The van der Waals surface area contributed by atoms with Gasteiger partial charge in [-0.2, -0.15) is 0 Å². The van der Waals surface area contributed by atoms with E-state index in [0.717, 1.165) is 30.0 Å². The number of rotatable bonds is 5. The van der Waals surface area contributed by atoms with Gasteiger partial charge in [-0.3, -0.25) is 20.4 Å². The Hall–Kier alpha value is -2.56. The number of nitrogens with one attached hydrogen (secondary N) is 2. The third-order valence-corrected chi connectivity index (χ3v) is 3.43. The summed E-state index contributed by atoms with van der Waals surface area (Å²) >= 11 is 0. The standard InChI is InChI=1S/C17H20N2O3/c1-2-3-4-9-16(21)18-19-17(22)14-10-12-7-5-6-8-13(12)11-15(14)20/h5-8,10-11,20H,2-4,9H2,1H3,(H,18,21)(H,19,22). The second-order valence-electron chi connectivity index (χ2n) is 5.18. The Bertz CT molecular complexity index is 683. The molecule has 0 spiro atoms. The summed E-state index contributed by atoms with van der Waals surface area (Å²) in [4.78, 5) is 23.6. The highest BCUT2D eigenvalue weighted by Crippen LogP contribution is 2.24. The number of phenolic OH excluding ortho intramolecular Hbond substituents is 1. The Labute approximate surface area is 129 Å². The van der Waals surface area contributed by atoms with E-state index in [2.05, 4.69) is 17.8 Å². The lowest BCUT2D eigenvalue weighted by molar-refractivity contribution is -0.121. The van der Waals surface area contributed by atoms with Gasteiger partial charge in [0.05, 0.1) is 5.56 Å². The zero-order chi connectivity index (χ0) is 15.9. The van der Waals surface area contributed by atoms with Gasteiger partial charge in [0.1, 0.15) is 5.75 Å². The van der Waals surface area contributed by atoms with Crippen LogP contribution in [0.2, 0.25) is 0 Å². The number of benzene rings is 2. The van der Waals surface area contributed by atoms with Crippen LogP contribution in [0.25, 0.3) is 10.8 Å². The Morgan fingerprint density at radius 1 is 1.05 bits per heavy atom. The number of carbonyl (C=O) groups excluding carboxylic acids is 2. The van der Waals surface area contributed by atoms with Crippen molar-refractivity contribution >= 4 is 22.6 Å². The largest absolute Gasteiger partial charge is 0.507 e. The first-order valence-electron chi connectivity index (χ1n) is 7.42. The molecular formula is C17H20N2O3. The summed E-state index contributed by atoms with van der Waals surface area (Å²) in [6.45, 7) is 2.06. The lowest BCUT2D eigenvalue weighted by atomic mass is 10.1. The molecule has 0 heterocycles. The number of hydrogen-bond acceptors (Lipinski definition) is 3. The maximum Gasteiger partial charge on any atom is 0.273 e. The summed E-state index contributed by atoms with van der Waals surface area (Å²) in [5, 5.41) is 11.6. The highest BCUT2D eigenvalue weighted by atomic mass is 16.3. The molecule has 0 aromatic heterocycles. The van der Waals surface area contributed by atoms with Crippen molar-refractivity contribution in [2.75, 3.05) is 0 Å². The molecule has 3 N–H and O–H groups in total. The molecule has 0 atom stereocenters. The zero-order valence-electron chi connectivity index (χ0n) is 12.6. The Morgan fingerprint density at radius 3 is 2.41 bits per heavy atom. The predicted molar refractivity (Wildman–Crippen MR) is 85.4 cm³/mol. The molecule has 2 aromatic carbocycles. The van der Waals surface area contributed by atoms with E-state index in [-0.39, 0.29) is 17.2 Å². The van der Waals surface area contributed by atoms with Crippen LogP contribution in [-0.2, 0) is 4.79 Å². The maximum atomic E-state index is 12.1. The Morgan fingerprint density at radius 2 is 1.73 bits per heavy atom. The monoisotopic (exact) mass is 300 g/mol. The second kappa shape index (κ2) is 7.45. The average Bonchev–Trinajstić information content (AvgIpc) is 2.52. The van der Waals surface area contributed by atoms with Crippen LogP contribution in [0.15, 0.2) is 36.4 Å². The van der Waals surface area contributed by atoms with Gasteiger partial charge in [0.2, 0.25) is 5.91 Å². The van der Waals surface area contributed by atoms with Crippen molar-refractivity contribution in [1.82, 2.24) is 10.9 Å². The summed E-state index contributed by atoms with van der Waals surface area (Å²) in [7, 11) is 0. The van der Waals surface area contributed by atoms with E-state index in [4.69, 9.17) is 0 Å². The summed E-state index contributed by atoms with van der Waals surface area (Å²) in [5.41, 5.74) is 4.83. The molecule has 22 heavy (non-hydrogen) atoms. The number of hydrogen-bond donors (Lipinski definition) is 3. The number of amides is 2. The summed E-state index contributed by atoms with van der Waals surface area (Å²) in [5.74, 6) is -0.884. The van der Waals surface area contributed by atoms with Gasteiger partial charge >= 0.3 is 0 Å². The van der Waals surface area contributed by atoms with Crippen LogP contribution in [0, 0.1) is 0 Å². The molecule has 0 aliphatic carbocycles. The van der Waals surface area contributed by atoms with Gasteiger partial charge in [0.15, 0.2) is 0 Å². The molecule has 0 unspecified atom stereocenters. The highest BCUT2D eigenvalue weighted by molar-refractivity contribution is 6.02. The fourth-order valence-corrected chi connectivity index (χ4v) is 2.20. The summed E-state index contributed by atoms with van der Waals surface area (Å²) in [6, 6.07) is 10.6. The Kier molecular flexibility index (Phi) is 5.36. The quantitative estimate of drug-likeness (QED) is 0.587. The first-order valence-corrected chi connectivity index (χ1v) is 7.42. The smallest absolute Gasteiger partial charge is 0.273 e. The minimum absolute atomic E-state index is 0.114. The van der Waals surface area contributed by atoms with Gasteiger partial charge in [0, 0.05) is 6.42 Å². The van der Waals surface area contributed by atoms with E-state index in [1.807, 2.05) is 24.3 Å². The van der Waals surface area contributed by atoms with E-state index < -0.39 is 5.91 Å². The lowest BCUT2D eigenvalue weighted by Crippen LogP contribution is -2.41. The number of unbranched alkanes of at least 4 members (excludes halogenated alkanes) is 2. The average molecular weight is 300 g/mol. The molecule has 0 radical (unpaired) electrons. The molecule has 5 nitrogen and oxygen atoms in total. The van der Waals surface area contributed by atoms with Gasteiger partial charge < -0.3 is 5.11 Å². The Balaban J connectivity index is 2.00. The molecule has 5 heteroatoms. The van der Waals surface area contributed by atoms with Crippen LogP contribution in [0.4, 0.5) is 0 Å². The second-order valence-corrected chi connectivity index (χ2v) is 5.18. The molecule has 0 saturated heterocycles. The zero-order valence-corrected chi connectivity index (χ0v) is 12.6. The molecule has 0 aliphatic heterocycles. The topological polar surface area (TPSA) is 78.4 Å². The van der Waals surface area contributed by atoms with Crippen molar-refractivity contribution in [2.24, 2.45) is 0 Å². The molecule has 0 saturated carbocycles. The fourth-order valence-electron chi connectivity index (χ4n) is 2.20. The normalized spacial score (nSPS) is 10.4. The summed E-state index contributed by atoms with van der Waals surface area (Å²) in [6.07, 6.45) is 3.18. The van der Waals surface area contributed by atoms with Crippen LogP contribution in [-0.4, -0.2) is 16.9 Å². The number of phenols is 1. The van der Waals surface area contributed by atoms with Crippen molar-refractivity contribution < 1.29 is 14.7 Å². The molecule has 0 aliphatic rings.